The summed E-state index contributed by atoms with van der Waals surface area (Å²) >= 11 is 6.13. The van der Waals surface area contributed by atoms with Crippen LogP contribution in [0.25, 0.3) is 0 Å². The Morgan fingerprint density at radius 2 is 1.92 bits per heavy atom. The highest BCUT2D eigenvalue weighted by Crippen LogP contribution is 2.66. The molecule has 5 heteroatoms. The van der Waals surface area contributed by atoms with Crippen molar-refractivity contribution in [3.05, 3.63) is 28.5 Å². The van der Waals surface area contributed by atoms with Crippen LogP contribution in [0, 0.1) is 28.5 Å². The molecule has 0 radical (unpaired) electrons. The van der Waals surface area contributed by atoms with Crippen molar-refractivity contribution in [1.29, 1.82) is 0 Å². The van der Waals surface area contributed by atoms with Crippen molar-refractivity contribution in [1.82, 2.24) is 0 Å². The zero-order valence-electron chi connectivity index (χ0n) is 14.5. The van der Waals surface area contributed by atoms with Gasteiger partial charge in [-0.15, -0.1) is 0 Å². The van der Waals surface area contributed by atoms with Gasteiger partial charge in [-0.3, -0.25) is 0 Å². The molecule has 1 N–H and O–H groups in total. The number of halogens is 2. The van der Waals surface area contributed by atoms with Gasteiger partial charge in [0, 0.05) is 11.5 Å². The minimum Gasteiger partial charge on any atom is -0.491 e. The van der Waals surface area contributed by atoms with Crippen molar-refractivity contribution in [2.45, 2.75) is 51.9 Å². The van der Waals surface area contributed by atoms with E-state index in [0.717, 1.165) is 24.0 Å². The fraction of sp³-hybridized carbons (Fsp3) is 0.650. The van der Waals surface area contributed by atoms with E-state index in [4.69, 9.17) is 21.4 Å². The summed E-state index contributed by atoms with van der Waals surface area (Å²) in [6.45, 7) is 2.85. The monoisotopic (exact) mass is 366 g/mol. The van der Waals surface area contributed by atoms with Gasteiger partial charge in [0.05, 0.1) is 17.2 Å². The third-order valence-corrected chi connectivity index (χ3v) is 7.13. The molecule has 4 bridgehead atoms. The van der Waals surface area contributed by atoms with Gasteiger partial charge in [0.25, 0.3) is 0 Å². The zero-order chi connectivity index (χ0) is 17.8. The molecule has 1 aromatic carbocycles. The van der Waals surface area contributed by atoms with E-state index in [0.29, 0.717) is 12.0 Å². The van der Waals surface area contributed by atoms with Gasteiger partial charge in [-0.05, 0) is 61.8 Å². The van der Waals surface area contributed by atoms with Gasteiger partial charge in [-0.1, -0.05) is 24.9 Å². The van der Waals surface area contributed by atoms with Crippen molar-refractivity contribution < 1.29 is 19.0 Å². The molecule has 25 heavy (non-hydrogen) atoms. The van der Waals surface area contributed by atoms with Crippen LogP contribution in [0.5, 0.6) is 5.75 Å². The minimum absolute atomic E-state index is 0.161. The first-order valence-corrected chi connectivity index (χ1v) is 9.57. The van der Waals surface area contributed by atoms with Gasteiger partial charge in [0.15, 0.2) is 0 Å². The van der Waals surface area contributed by atoms with E-state index in [-0.39, 0.29) is 16.2 Å². The molecule has 4 aliphatic carbocycles. The average Bonchev–Trinajstić information content (AvgIpc) is 2.54. The zero-order valence-corrected chi connectivity index (χ0v) is 15.2. The molecule has 0 heterocycles. The van der Waals surface area contributed by atoms with Crippen LogP contribution in [0.2, 0.25) is 5.02 Å². The van der Waals surface area contributed by atoms with Crippen LogP contribution in [0.3, 0.4) is 0 Å². The Balaban J connectivity index is 1.54. The lowest BCUT2D eigenvalue weighted by Gasteiger charge is -2.62. The molecular weight excluding hydrogens is 343 g/mol. The molecule has 2 atom stereocenters. The molecule has 2 unspecified atom stereocenters. The average molecular weight is 367 g/mol. The lowest BCUT2D eigenvalue weighted by molar-refractivity contribution is -0.126. The first kappa shape index (κ1) is 17.1. The molecule has 4 aliphatic rings. The predicted molar refractivity (Wildman–Crippen MR) is 93.7 cm³/mol. The summed E-state index contributed by atoms with van der Waals surface area (Å²) in [5, 5.41) is 9.14. The van der Waals surface area contributed by atoms with Crippen LogP contribution < -0.4 is 4.74 Å². The Bertz CT molecular complexity index is 703. The highest BCUT2D eigenvalue weighted by molar-refractivity contribution is 6.32. The second-order valence-corrected chi connectivity index (χ2v) is 9.08. The molecule has 1 aromatic rings. The molecule has 0 aromatic heterocycles. The number of carboxylic acid groups (broad SMARTS) is 1. The predicted octanol–water partition coefficient (Wildman–Crippen LogP) is 5.55. The van der Waals surface area contributed by atoms with E-state index in [2.05, 4.69) is 6.92 Å². The van der Waals surface area contributed by atoms with Crippen LogP contribution in [0.15, 0.2) is 12.1 Å². The lowest BCUT2D eigenvalue weighted by Crippen LogP contribution is -2.53. The Kier molecular flexibility index (Phi) is 4.02. The molecule has 0 saturated heterocycles. The quantitative estimate of drug-likeness (QED) is 0.742. The highest BCUT2D eigenvalue weighted by atomic mass is 35.5. The first-order chi connectivity index (χ1) is 11.8. The number of ether oxygens (including phenoxy) is 1. The summed E-state index contributed by atoms with van der Waals surface area (Å²) in [5.41, 5.74) is 0.221. The van der Waals surface area contributed by atoms with Gasteiger partial charge in [-0.25, -0.2) is 9.18 Å². The minimum atomic E-state index is -1.32. The Hall–Kier alpha value is -1.29. The van der Waals surface area contributed by atoms with Gasteiger partial charge in [-0.2, -0.15) is 0 Å². The topological polar surface area (TPSA) is 46.5 Å². The number of carbonyl (C=O) groups is 1. The van der Waals surface area contributed by atoms with Crippen LogP contribution in [-0.4, -0.2) is 17.7 Å². The van der Waals surface area contributed by atoms with E-state index in [1.54, 1.807) is 0 Å². The third kappa shape index (κ3) is 2.92. The molecule has 136 valence electrons. The largest absolute Gasteiger partial charge is 0.491 e. The van der Waals surface area contributed by atoms with Crippen molar-refractivity contribution in [3.63, 3.8) is 0 Å². The summed E-state index contributed by atoms with van der Waals surface area (Å²) in [4.78, 5) is 11.0. The van der Waals surface area contributed by atoms with Crippen molar-refractivity contribution in [3.8, 4) is 5.75 Å². The molecule has 0 amide bonds. The maximum atomic E-state index is 14.0. The fourth-order valence-corrected chi connectivity index (χ4v) is 6.48. The number of rotatable bonds is 5. The maximum absolute atomic E-state index is 14.0. The van der Waals surface area contributed by atoms with Gasteiger partial charge < -0.3 is 9.84 Å². The number of hydrogen-bond acceptors (Lipinski definition) is 2. The lowest BCUT2D eigenvalue weighted by atomic mass is 9.44. The summed E-state index contributed by atoms with van der Waals surface area (Å²) in [7, 11) is 0. The highest BCUT2D eigenvalue weighted by Gasteiger charge is 2.57. The van der Waals surface area contributed by atoms with E-state index in [1.807, 2.05) is 0 Å². The first-order valence-electron chi connectivity index (χ1n) is 9.19. The van der Waals surface area contributed by atoms with E-state index in [1.165, 1.54) is 44.9 Å². The van der Waals surface area contributed by atoms with Crippen LogP contribution >= 0.6 is 11.6 Å². The molecule has 0 aliphatic heterocycles. The van der Waals surface area contributed by atoms with Gasteiger partial charge >= 0.3 is 5.97 Å². The van der Waals surface area contributed by atoms with E-state index >= 15 is 0 Å². The normalized spacial score (nSPS) is 35.8. The smallest absolute Gasteiger partial charge is 0.338 e. The van der Waals surface area contributed by atoms with E-state index < -0.39 is 17.3 Å². The standard InChI is InChI=1S/C20H24ClFO3/c1-2-19-6-12-3-13(7-19)9-20(8-12,10-19)11-25-17-5-16(22)14(18(23)24)4-15(17)21/h4-5,12-13H,2-3,6-11H2,1H3,(H,23,24). The second-order valence-electron chi connectivity index (χ2n) is 8.67. The van der Waals surface area contributed by atoms with Crippen LogP contribution in [0.4, 0.5) is 4.39 Å². The van der Waals surface area contributed by atoms with Crippen molar-refractivity contribution in [2.24, 2.45) is 22.7 Å². The SMILES string of the molecule is CCC12CC3CC(C1)CC(COc1cc(F)c(C(=O)O)cc1Cl)(C3)C2. The summed E-state index contributed by atoms with van der Waals surface area (Å²) in [6, 6.07) is 2.25. The third-order valence-electron chi connectivity index (χ3n) is 6.84. The van der Waals surface area contributed by atoms with Crippen LogP contribution in [-0.2, 0) is 0 Å². The molecule has 4 fully saturated rings. The molecule has 0 spiro atoms. The van der Waals surface area contributed by atoms with Crippen molar-refractivity contribution >= 4 is 17.6 Å². The maximum Gasteiger partial charge on any atom is 0.338 e. The second kappa shape index (κ2) is 5.87. The molecule has 5 rings (SSSR count). The van der Waals surface area contributed by atoms with E-state index in [9.17, 15) is 9.18 Å². The van der Waals surface area contributed by atoms with Crippen molar-refractivity contribution in [2.75, 3.05) is 6.61 Å². The molecular formula is C20H24ClFO3. The van der Waals surface area contributed by atoms with Gasteiger partial charge in [0.2, 0.25) is 0 Å². The van der Waals surface area contributed by atoms with Gasteiger partial charge in [0.1, 0.15) is 11.6 Å². The fourth-order valence-electron chi connectivity index (χ4n) is 6.27. The summed E-state index contributed by atoms with van der Waals surface area (Å²) in [5.74, 6) is -0.275. The van der Waals surface area contributed by atoms with Crippen LogP contribution in [0.1, 0.15) is 62.2 Å². The summed E-state index contributed by atoms with van der Waals surface area (Å²) in [6.07, 6.45) is 8.86. The number of aromatic carboxylic acids is 1. The Morgan fingerprint density at radius 3 is 2.52 bits per heavy atom. The number of carboxylic acids is 1. The molecule has 4 saturated carbocycles. The Labute approximate surface area is 152 Å². The number of benzene rings is 1. The molecule has 3 nitrogen and oxygen atoms in total. The summed E-state index contributed by atoms with van der Waals surface area (Å²) < 4.78 is 19.9. The number of hydrogen-bond donors (Lipinski definition) is 1. The Morgan fingerprint density at radius 1 is 1.28 bits per heavy atom.